The molecular formula is C20H28N2O5. The monoisotopic (exact) mass is 376 g/mol. The van der Waals surface area contributed by atoms with Crippen molar-refractivity contribution in [1.82, 2.24) is 9.80 Å². The van der Waals surface area contributed by atoms with Crippen molar-refractivity contribution in [3.8, 4) is 17.2 Å². The lowest BCUT2D eigenvalue weighted by atomic mass is 9.94. The molecule has 1 aromatic rings. The number of fused-ring (bicyclic) bond motifs is 1. The summed E-state index contributed by atoms with van der Waals surface area (Å²) in [6.45, 7) is 1.97. The molecule has 2 aliphatic heterocycles. The number of aliphatic hydroxyl groups is 1. The van der Waals surface area contributed by atoms with Gasteiger partial charge in [0.05, 0.1) is 19.8 Å². The zero-order chi connectivity index (χ0) is 18.8. The molecule has 0 bridgehead atoms. The van der Waals surface area contributed by atoms with Crippen molar-refractivity contribution < 1.29 is 24.1 Å². The number of β-amino-alcohol motifs (C(OH)–C–C–N with tert-alkyl or cyclic N) is 1. The maximum Gasteiger partial charge on any atom is 0.237 e. The van der Waals surface area contributed by atoms with Gasteiger partial charge in [0, 0.05) is 25.7 Å². The van der Waals surface area contributed by atoms with Crippen molar-refractivity contribution in [2.45, 2.75) is 50.8 Å². The average molecular weight is 376 g/mol. The number of hydrogen-bond donors (Lipinski definition) is 1. The predicted octanol–water partition coefficient (Wildman–Crippen LogP) is 1.76. The van der Waals surface area contributed by atoms with Crippen LogP contribution in [0.5, 0.6) is 17.2 Å². The highest BCUT2D eigenvalue weighted by molar-refractivity contribution is 5.79. The molecule has 3 aliphatic rings. The van der Waals surface area contributed by atoms with Crippen LogP contribution in [0.15, 0.2) is 12.1 Å². The lowest BCUT2D eigenvalue weighted by Crippen LogP contribution is -2.45. The minimum atomic E-state index is -0.533. The van der Waals surface area contributed by atoms with Crippen LogP contribution in [-0.4, -0.2) is 66.5 Å². The molecule has 1 aliphatic carbocycles. The van der Waals surface area contributed by atoms with Crippen LogP contribution in [0.1, 0.15) is 37.7 Å². The third kappa shape index (κ3) is 3.99. The maximum atomic E-state index is 12.9. The van der Waals surface area contributed by atoms with Crippen LogP contribution in [0, 0.1) is 0 Å². The Kier molecular flexibility index (Phi) is 5.41. The normalized spacial score (nSPS) is 24.1. The van der Waals surface area contributed by atoms with Gasteiger partial charge in [-0.2, -0.15) is 0 Å². The first-order chi connectivity index (χ1) is 13.1. The second kappa shape index (κ2) is 7.94. The predicted molar refractivity (Wildman–Crippen MR) is 99.0 cm³/mol. The lowest BCUT2D eigenvalue weighted by molar-refractivity contribution is -0.134. The molecule has 4 rings (SSSR count). The van der Waals surface area contributed by atoms with Crippen molar-refractivity contribution in [2.24, 2.45) is 0 Å². The highest BCUT2D eigenvalue weighted by Gasteiger charge is 2.32. The number of aliphatic hydroxyl groups excluding tert-OH is 1. The third-order valence-corrected chi connectivity index (χ3v) is 5.70. The summed E-state index contributed by atoms with van der Waals surface area (Å²) in [6, 6.07) is 4.12. The van der Waals surface area contributed by atoms with E-state index in [1.165, 1.54) is 19.3 Å². The third-order valence-electron chi connectivity index (χ3n) is 5.70. The van der Waals surface area contributed by atoms with Crippen molar-refractivity contribution in [1.29, 1.82) is 0 Å². The second-order valence-corrected chi connectivity index (χ2v) is 7.69. The molecule has 0 aromatic heterocycles. The summed E-state index contributed by atoms with van der Waals surface area (Å²) in [6.07, 6.45) is 5.17. The van der Waals surface area contributed by atoms with Crippen LogP contribution in [0.25, 0.3) is 0 Å². The highest BCUT2D eigenvalue weighted by Crippen LogP contribution is 2.42. The van der Waals surface area contributed by atoms with Gasteiger partial charge in [-0.3, -0.25) is 9.69 Å². The van der Waals surface area contributed by atoms with Crippen molar-refractivity contribution in [3.63, 3.8) is 0 Å². The van der Waals surface area contributed by atoms with Crippen LogP contribution in [0.4, 0.5) is 0 Å². The molecule has 1 amide bonds. The summed E-state index contributed by atoms with van der Waals surface area (Å²) in [5.74, 6) is 2.03. The Bertz CT molecular complexity index is 689. The molecule has 1 saturated carbocycles. The second-order valence-electron chi connectivity index (χ2n) is 7.69. The summed E-state index contributed by atoms with van der Waals surface area (Å²) >= 11 is 0. The largest absolute Gasteiger partial charge is 0.493 e. The van der Waals surface area contributed by atoms with Crippen LogP contribution in [-0.2, 0) is 11.3 Å². The Balaban J connectivity index is 1.47. The zero-order valence-corrected chi connectivity index (χ0v) is 15.9. The van der Waals surface area contributed by atoms with Gasteiger partial charge in [-0.25, -0.2) is 0 Å². The molecule has 1 aromatic carbocycles. The topological polar surface area (TPSA) is 71.5 Å². The van der Waals surface area contributed by atoms with Crippen molar-refractivity contribution in [2.75, 3.05) is 33.5 Å². The summed E-state index contributed by atoms with van der Waals surface area (Å²) in [7, 11) is 1.60. The van der Waals surface area contributed by atoms with Gasteiger partial charge in [0.25, 0.3) is 0 Å². The number of nitrogens with zero attached hydrogens (tertiary/aromatic N) is 2. The fourth-order valence-corrected chi connectivity index (χ4v) is 4.43. The van der Waals surface area contributed by atoms with E-state index in [1.807, 2.05) is 21.9 Å². The first-order valence-corrected chi connectivity index (χ1v) is 9.80. The molecule has 148 valence electrons. The molecule has 1 atom stereocenters. The number of benzene rings is 1. The Morgan fingerprint density at radius 2 is 2.00 bits per heavy atom. The zero-order valence-electron chi connectivity index (χ0n) is 15.9. The SMILES string of the molecule is COc1cc(CN2CC(=O)N(C3CCCCC3)C[C@@H](O)C2)cc2c1OCO2. The van der Waals surface area contributed by atoms with E-state index < -0.39 is 6.10 Å². The summed E-state index contributed by atoms with van der Waals surface area (Å²) in [5.41, 5.74) is 0.974. The standard InChI is InChI=1S/C20H28N2O5/c1-25-17-7-14(8-18-20(17)27-13-26-18)9-21-10-16(23)11-22(19(24)12-21)15-5-3-2-4-6-15/h7-8,15-16,23H,2-6,9-13H2,1H3/t16-/m0/s1. The number of rotatable bonds is 4. The number of carbonyl (C=O) groups is 1. The number of ether oxygens (including phenoxy) is 3. The summed E-state index contributed by atoms with van der Waals surface area (Å²) < 4.78 is 16.3. The first kappa shape index (κ1) is 18.4. The molecule has 0 unspecified atom stereocenters. The quantitative estimate of drug-likeness (QED) is 0.864. The molecule has 0 spiro atoms. The van der Waals surface area contributed by atoms with Crippen molar-refractivity contribution in [3.05, 3.63) is 17.7 Å². The molecular weight excluding hydrogens is 348 g/mol. The molecule has 2 heterocycles. The Morgan fingerprint density at radius 1 is 1.19 bits per heavy atom. The van der Waals surface area contributed by atoms with E-state index in [0.717, 1.165) is 18.4 Å². The number of hydrogen-bond acceptors (Lipinski definition) is 6. The van der Waals surface area contributed by atoms with E-state index in [9.17, 15) is 9.90 Å². The van der Waals surface area contributed by atoms with Gasteiger partial charge in [-0.15, -0.1) is 0 Å². The summed E-state index contributed by atoms with van der Waals surface area (Å²) in [5, 5.41) is 10.5. The van der Waals surface area contributed by atoms with E-state index in [1.54, 1.807) is 7.11 Å². The molecule has 2 fully saturated rings. The smallest absolute Gasteiger partial charge is 0.237 e. The Labute approximate surface area is 159 Å². The van der Waals surface area contributed by atoms with Gasteiger partial charge in [0.15, 0.2) is 11.5 Å². The molecule has 0 radical (unpaired) electrons. The fraction of sp³-hybridized carbons (Fsp3) is 0.650. The minimum Gasteiger partial charge on any atom is -0.493 e. The van der Waals surface area contributed by atoms with Gasteiger partial charge in [0.2, 0.25) is 18.4 Å². The summed E-state index contributed by atoms with van der Waals surface area (Å²) in [4.78, 5) is 16.8. The van der Waals surface area contributed by atoms with Gasteiger partial charge in [-0.05, 0) is 30.5 Å². The van der Waals surface area contributed by atoms with E-state index >= 15 is 0 Å². The van der Waals surface area contributed by atoms with Crippen LogP contribution in [0.3, 0.4) is 0 Å². The molecule has 27 heavy (non-hydrogen) atoms. The van der Waals surface area contributed by atoms with Gasteiger partial charge >= 0.3 is 0 Å². The van der Waals surface area contributed by atoms with Crippen molar-refractivity contribution >= 4 is 5.91 Å². The number of methoxy groups -OCH3 is 1. The van der Waals surface area contributed by atoms with E-state index in [4.69, 9.17) is 14.2 Å². The molecule has 7 nitrogen and oxygen atoms in total. The van der Waals surface area contributed by atoms with Gasteiger partial charge in [0.1, 0.15) is 0 Å². The van der Waals surface area contributed by atoms with E-state index in [0.29, 0.717) is 43.4 Å². The molecule has 7 heteroatoms. The van der Waals surface area contributed by atoms with Crippen LogP contribution < -0.4 is 14.2 Å². The Hall–Kier alpha value is -1.99. The van der Waals surface area contributed by atoms with Gasteiger partial charge < -0.3 is 24.2 Å². The first-order valence-electron chi connectivity index (χ1n) is 9.80. The maximum absolute atomic E-state index is 12.9. The van der Waals surface area contributed by atoms with Gasteiger partial charge in [-0.1, -0.05) is 19.3 Å². The molecule has 1 N–H and O–H groups in total. The Morgan fingerprint density at radius 3 is 2.78 bits per heavy atom. The van der Waals surface area contributed by atoms with E-state index in [2.05, 4.69) is 0 Å². The van der Waals surface area contributed by atoms with E-state index in [-0.39, 0.29) is 18.7 Å². The van der Waals surface area contributed by atoms with Crippen LogP contribution in [0.2, 0.25) is 0 Å². The van der Waals surface area contributed by atoms with Crippen LogP contribution >= 0.6 is 0 Å². The fourth-order valence-electron chi connectivity index (χ4n) is 4.43. The number of amides is 1. The highest BCUT2D eigenvalue weighted by atomic mass is 16.7. The molecule has 1 saturated heterocycles. The lowest BCUT2D eigenvalue weighted by Gasteiger charge is -2.34. The number of carbonyl (C=O) groups excluding carboxylic acids is 1. The minimum absolute atomic E-state index is 0.117. The average Bonchev–Trinajstić information content (AvgIpc) is 3.09.